The van der Waals surface area contributed by atoms with Gasteiger partial charge in [0, 0.05) is 12.3 Å². The molecule has 2 N–H and O–H groups in total. The van der Waals surface area contributed by atoms with Crippen molar-refractivity contribution in [1.82, 2.24) is 4.98 Å². The first-order valence-corrected chi connectivity index (χ1v) is 11.6. The lowest BCUT2D eigenvalue weighted by atomic mass is 10.3. The summed E-state index contributed by atoms with van der Waals surface area (Å²) < 4.78 is 21.4. The van der Waals surface area contributed by atoms with Crippen LogP contribution in [0.2, 0.25) is 0 Å². The molecule has 0 radical (unpaired) electrons. The van der Waals surface area contributed by atoms with E-state index in [0.717, 1.165) is 0 Å². The van der Waals surface area contributed by atoms with Crippen LogP contribution in [0.1, 0.15) is 0 Å². The number of hydrogen-bond acceptors (Lipinski definition) is 7. The fourth-order valence-corrected chi connectivity index (χ4v) is 2.91. The summed E-state index contributed by atoms with van der Waals surface area (Å²) >= 11 is 0. The number of hydrogen-bond donors (Lipinski definition) is 2. The third kappa shape index (κ3) is 9.90. The van der Waals surface area contributed by atoms with E-state index in [9.17, 15) is 9.59 Å². The van der Waals surface area contributed by atoms with Crippen molar-refractivity contribution in [3.8, 4) is 23.1 Å². The van der Waals surface area contributed by atoms with Crippen molar-refractivity contribution in [3.05, 3.63) is 115 Å². The van der Waals surface area contributed by atoms with Crippen LogP contribution < -0.4 is 18.9 Å². The molecular formula is C29H27NO8. The molecule has 0 aliphatic carbocycles. The minimum Gasteiger partial charge on any atom is -0.489 e. The second-order valence-electron chi connectivity index (χ2n) is 7.62. The summed E-state index contributed by atoms with van der Waals surface area (Å²) in [6, 6.07) is 31.9. The number of carbonyl (C=O) groups is 2. The number of aromatic nitrogens is 1. The van der Waals surface area contributed by atoms with Crippen LogP contribution in [0.15, 0.2) is 115 Å². The Hall–Kier alpha value is -5.05. The Balaban J connectivity index is 0.000000211. The number of ether oxygens (including phenoxy) is 4. The normalized spacial score (nSPS) is 11.6. The van der Waals surface area contributed by atoms with Crippen molar-refractivity contribution in [2.75, 3.05) is 13.2 Å². The second kappa shape index (κ2) is 15.1. The first-order valence-electron chi connectivity index (χ1n) is 11.6. The third-order valence-electron chi connectivity index (χ3n) is 4.76. The van der Waals surface area contributed by atoms with Gasteiger partial charge in [-0.05, 0) is 42.5 Å². The van der Waals surface area contributed by atoms with E-state index < -0.39 is 24.1 Å². The molecule has 4 aromatic rings. The molecule has 4 rings (SSSR count). The Morgan fingerprint density at radius 3 is 1.42 bits per heavy atom. The Labute approximate surface area is 219 Å². The van der Waals surface area contributed by atoms with Crippen LogP contribution in [0.25, 0.3) is 0 Å². The minimum atomic E-state index is -1.10. The fraction of sp³-hybridized carbons (Fsp3) is 0.138. The number of nitrogens with zero attached hydrogens (tertiary/aromatic N) is 1. The molecule has 0 amide bonds. The molecule has 0 saturated heterocycles. The van der Waals surface area contributed by atoms with Crippen molar-refractivity contribution >= 4 is 11.9 Å². The van der Waals surface area contributed by atoms with E-state index in [-0.39, 0.29) is 19.1 Å². The molecule has 0 fully saturated rings. The summed E-state index contributed by atoms with van der Waals surface area (Å²) in [4.78, 5) is 26.1. The highest BCUT2D eigenvalue weighted by Gasteiger charge is 2.21. The van der Waals surface area contributed by atoms with Crippen LogP contribution in [0.3, 0.4) is 0 Å². The molecule has 38 heavy (non-hydrogen) atoms. The zero-order chi connectivity index (χ0) is 27.0. The van der Waals surface area contributed by atoms with Crippen molar-refractivity contribution in [3.63, 3.8) is 0 Å². The highest BCUT2D eigenvalue weighted by molar-refractivity contribution is 5.73. The van der Waals surface area contributed by atoms with Crippen LogP contribution in [-0.2, 0) is 9.59 Å². The number of pyridine rings is 1. The van der Waals surface area contributed by atoms with Gasteiger partial charge in [0.1, 0.15) is 30.5 Å². The van der Waals surface area contributed by atoms with Gasteiger partial charge < -0.3 is 29.2 Å². The quantitative estimate of drug-likeness (QED) is 0.278. The van der Waals surface area contributed by atoms with E-state index in [1.807, 2.05) is 42.5 Å². The van der Waals surface area contributed by atoms with Crippen LogP contribution in [0.5, 0.6) is 23.1 Å². The van der Waals surface area contributed by atoms with Crippen molar-refractivity contribution in [2.24, 2.45) is 0 Å². The van der Waals surface area contributed by atoms with Gasteiger partial charge in [-0.15, -0.1) is 0 Å². The van der Waals surface area contributed by atoms with Gasteiger partial charge >= 0.3 is 11.9 Å². The molecule has 0 aliphatic rings. The summed E-state index contributed by atoms with van der Waals surface area (Å²) in [7, 11) is 0. The van der Waals surface area contributed by atoms with Crippen molar-refractivity contribution in [1.29, 1.82) is 0 Å². The Morgan fingerprint density at radius 1 is 0.579 bits per heavy atom. The van der Waals surface area contributed by atoms with Gasteiger partial charge in [0.15, 0.2) is 0 Å². The summed E-state index contributed by atoms with van der Waals surface area (Å²) in [5, 5.41) is 18.2. The first kappa shape index (κ1) is 27.5. The van der Waals surface area contributed by atoms with Crippen LogP contribution in [0.4, 0.5) is 0 Å². The lowest BCUT2D eigenvalue weighted by molar-refractivity contribution is -0.147. The molecule has 1 heterocycles. The van der Waals surface area contributed by atoms with E-state index in [2.05, 4.69) is 4.98 Å². The largest absolute Gasteiger partial charge is 0.489 e. The van der Waals surface area contributed by atoms with Gasteiger partial charge in [-0.2, -0.15) is 0 Å². The number of carboxylic acids is 2. The zero-order valence-electron chi connectivity index (χ0n) is 20.3. The number of rotatable bonds is 12. The molecule has 0 aliphatic heterocycles. The second-order valence-corrected chi connectivity index (χ2v) is 7.62. The standard InChI is InChI=1S/C15H14O4.C14H13NO4/c16-15(17)14(19-13-9-5-2-6-10-13)11-18-12-7-3-1-4-8-12;16-14(17)12(19-13-8-4-5-9-15-13)10-18-11-6-2-1-3-7-11/h1-10,14H,11H2,(H,16,17);1-9,12H,10H2,(H,16,17). The maximum atomic E-state index is 11.1. The van der Waals surface area contributed by atoms with Gasteiger partial charge in [0.05, 0.1) is 0 Å². The Morgan fingerprint density at radius 2 is 1.00 bits per heavy atom. The minimum absolute atomic E-state index is 0.0474. The highest BCUT2D eigenvalue weighted by Crippen LogP contribution is 2.14. The predicted molar refractivity (Wildman–Crippen MR) is 139 cm³/mol. The topological polar surface area (TPSA) is 124 Å². The number of para-hydroxylation sites is 3. The SMILES string of the molecule is O=C(O)C(COc1ccccc1)Oc1ccccc1.O=C(O)C(COc1ccccc1)Oc1ccccn1. The van der Waals surface area contributed by atoms with Gasteiger partial charge in [-0.25, -0.2) is 14.6 Å². The van der Waals surface area contributed by atoms with Gasteiger partial charge in [-0.1, -0.05) is 60.7 Å². The average molecular weight is 518 g/mol. The molecule has 1 aromatic heterocycles. The highest BCUT2D eigenvalue weighted by atomic mass is 16.6. The van der Waals surface area contributed by atoms with Crippen molar-refractivity contribution < 1.29 is 38.7 Å². The van der Waals surface area contributed by atoms with E-state index >= 15 is 0 Å². The number of benzene rings is 3. The summed E-state index contributed by atoms with van der Waals surface area (Å²) in [6.45, 7) is -0.135. The molecule has 0 saturated carbocycles. The molecule has 9 nitrogen and oxygen atoms in total. The van der Waals surface area contributed by atoms with Gasteiger partial charge in [-0.3, -0.25) is 0 Å². The van der Waals surface area contributed by atoms with Gasteiger partial charge in [0.25, 0.3) is 0 Å². The molecule has 2 unspecified atom stereocenters. The van der Waals surface area contributed by atoms with Crippen molar-refractivity contribution in [2.45, 2.75) is 12.2 Å². The summed E-state index contributed by atoms with van der Waals surface area (Å²) in [5.74, 6) is -0.178. The average Bonchev–Trinajstić information content (AvgIpc) is 2.95. The smallest absolute Gasteiger partial charge is 0.348 e. The first-order chi connectivity index (χ1) is 18.5. The zero-order valence-corrected chi connectivity index (χ0v) is 20.3. The van der Waals surface area contributed by atoms with Crippen LogP contribution >= 0.6 is 0 Å². The van der Waals surface area contributed by atoms with E-state index in [1.165, 1.54) is 6.20 Å². The number of carboxylic acid groups (broad SMARTS) is 2. The predicted octanol–water partition coefficient (Wildman–Crippen LogP) is 4.59. The molecule has 9 heteroatoms. The monoisotopic (exact) mass is 517 g/mol. The molecule has 0 bridgehead atoms. The Bertz CT molecular complexity index is 1130. The maximum absolute atomic E-state index is 11.1. The van der Waals surface area contributed by atoms with E-state index in [4.69, 9.17) is 29.2 Å². The summed E-state index contributed by atoms with van der Waals surface area (Å²) in [5.41, 5.74) is 0. The molecule has 196 valence electrons. The molecule has 3 aromatic carbocycles. The number of aliphatic carboxylic acids is 2. The summed E-state index contributed by atoms with van der Waals surface area (Å²) in [6.07, 6.45) is -0.607. The fourth-order valence-electron chi connectivity index (χ4n) is 2.91. The van der Waals surface area contributed by atoms with E-state index in [0.29, 0.717) is 17.2 Å². The lowest BCUT2D eigenvalue weighted by Crippen LogP contribution is -2.33. The maximum Gasteiger partial charge on any atom is 0.348 e. The Kier molecular flexibility index (Phi) is 11.0. The molecule has 0 spiro atoms. The molecular weight excluding hydrogens is 490 g/mol. The van der Waals surface area contributed by atoms with Crippen LogP contribution in [0, 0.1) is 0 Å². The lowest BCUT2D eigenvalue weighted by Gasteiger charge is -2.15. The third-order valence-corrected chi connectivity index (χ3v) is 4.76. The molecule has 2 atom stereocenters. The van der Waals surface area contributed by atoms with Crippen LogP contribution in [-0.4, -0.2) is 52.6 Å². The van der Waals surface area contributed by atoms with E-state index in [1.54, 1.807) is 66.7 Å². The van der Waals surface area contributed by atoms with Gasteiger partial charge in [0.2, 0.25) is 18.1 Å².